The number of hydrogen-bond donors (Lipinski definition) is 2. The highest BCUT2D eigenvalue weighted by Crippen LogP contribution is 2.13. The maximum Gasteiger partial charge on any atom is 0.255 e. The second-order valence-corrected chi connectivity index (χ2v) is 6.35. The van der Waals surface area contributed by atoms with Crippen molar-refractivity contribution in [3.8, 4) is 5.69 Å². The van der Waals surface area contributed by atoms with E-state index in [9.17, 15) is 14.4 Å². The van der Waals surface area contributed by atoms with Crippen LogP contribution in [0.25, 0.3) is 5.69 Å². The molecule has 2 heterocycles. The van der Waals surface area contributed by atoms with Crippen LogP contribution in [0.3, 0.4) is 0 Å². The predicted molar refractivity (Wildman–Crippen MR) is 108 cm³/mol. The van der Waals surface area contributed by atoms with E-state index in [1.165, 1.54) is 16.8 Å². The van der Waals surface area contributed by atoms with Crippen LogP contribution in [0.5, 0.6) is 0 Å². The number of carbonyl (C=O) groups excluding carboxylic acids is 2. The van der Waals surface area contributed by atoms with Crippen LogP contribution in [-0.2, 0) is 9.59 Å². The Hall–Kier alpha value is -3.45. The highest BCUT2D eigenvalue weighted by atomic mass is 35.5. The quantitative estimate of drug-likeness (QED) is 0.668. The van der Waals surface area contributed by atoms with Crippen molar-refractivity contribution in [3.05, 3.63) is 82.4 Å². The fraction of sp³-hybridized carbons (Fsp3) is 0.100. The van der Waals surface area contributed by atoms with Crippen LogP contribution in [0.1, 0.15) is 12.8 Å². The van der Waals surface area contributed by atoms with Gasteiger partial charge in [-0.3, -0.25) is 19.0 Å². The number of nitrogens with zero attached hydrogens (tertiary/aromatic N) is 2. The third-order valence-corrected chi connectivity index (χ3v) is 4.05. The molecule has 0 bridgehead atoms. The zero-order valence-electron chi connectivity index (χ0n) is 14.8. The molecular formula is C20H17ClN4O3. The van der Waals surface area contributed by atoms with Crippen molar-refractivity contribution in [3.63, 3.8) is 0 Å². The molecule has 28 heavy (non-hydrogen) atoms. The Morgan fingerprint density at radius 1 is 0.929 bits per heavy atom. The van der Waals surface area contributed by atoms with E-state index in [2.05, 4.69) is 15.6 Å². The van der Waals surface area contributed by atoms with Crippen LogP contribution in [0, 0.1) is 0 Å². The summed E-state index contributed by atoms with van der Waals surface area (Å²) in [7, 11) is 0. The first kappa shape index (κ1) is 19.3. The Morgan fingerprint density at radius 2 is 1.64 bits per heavy atom. The number of amides is 2. The fourth-order valence-electron chi connectivity index (χ4n) is 2.45. The van der Waals surface area contributed by atoms with Crippen LogP contribution in [0.15, 0.2) is 71.8 Å². The van der Waals surface area contributed by atoms with Crippen molar-refractivity contribution in [2.45, 2.75) is 12.8 Å². The van der Waals surface area contributed by atoms with Crippen molar-refractivity contribution in [2.24, 2.45) is 0 Å². The van der Waals surface area contributed by atoms with Gasteiger partial charge in [-0.15, -0.1) is 0 Å². The van der Waals surface area contributed by atoms with Crippen molar-refractivity contribution in [2.75, 3.05) is 10.6 Å². The van der Waals surface area contributed by atoms with E-state index < -0.39 is 0 Å². The lowest BCUT2D eigenvalue weighted by Crippen LogP contribution is -2.18. The molecule has 0 saturated carbocycles. The van der Waals surface area contributed by atoms with Crippen molar-refractivity contribution in [1.82, 2.24) is 9.55 Å². The molecule has 2 aromatic heterocycles. The van der Waals surface area contributed by atoms with E-state index in [-0.39, 0.29) is 30.2 Å². The van der Waals surface area contributed by atoms with Crippen LogP contribution in [-0.4, -0.2) is 21.4 Å². The average Bonchev–Trinajstić information content (AvgIpc) is 2.69. The number of nitrogens with one attached hydrogen (secondary N) is 2. The smallest absolute Gasteiger partial charge is 0.255 e. The van der Waals surface area contributed by atoms with Crippen LogP contribution in [0.2, 0.25) is 5.02 Å². The molecule has 0 unspecified atom stereocenters. The predicted octanol–water partition coefficient (Wildman–Crippen LogP) is 3.24. The Labute approximate surface area is 166 Å². The summed E-state index contributed by atoms with van der Waals surface area (Å²) in [5, 5.41) is 5.79. The maximum absolute atomic E-state index is 12.0. The number of benzene rings is 1. The minimum absolute atomic E-state index is 0.0215. The average molecular weight is 397 g/mol. The number of halogens is 1. The van der Waals surface area contributed by atoms with Gasteiger partial charge in [0.25, 0.3) is 5.56 Å². The van der Waals surface area contributed by atoms with Gasteiger partial charge in [-0.2, -0.15) is 0 Å². The Balaban J connectivity index is 1.50. The number of aromatic nitrogens is 2. The standard InChI is InChI=1S/C20H17ClN4O3/c21-14-4-9-17(22-13-14)24-19(27)11-10-18(26)23-15-5-7-16(8-6-15)25-12-2-1-3-20(25)28/h1-9,12-13H,10-11H2,(H,23,26)(H,22,24,27). The first-order chi connectivity index (χ1) is 13.5. The molecule has 1 aromatic carbocycles. The van der Waals surface area contributed by atoms with Gasteiger partial charge in [-0.1, -0.05) is 17.7 Å². The minimum atomic E-state index is -0.316. The summed E-state index contributed by atoms with van der Waals surface area (Å²) in [5.41, 5.74) is 1.14. The lowest BCUT2D eigenvalue weighted by atomic mass is 10.2. The Morgan fingerprint density at radius 3 is 2.29 bits per heavy atom. The highest BCUT2D eigenvalue weighted by molar-refractivity contribution is 6.30. The molecule has 2 N–H and O–H groups in total. The second-order valence-electron chi connectivity index (χ2n) is 5.91. The largest absolute Gasteiger partial charge is 0.326 e. The SMILES string of the molecule is O=C(CCC(=O)Nc1ccc(Cl)cn1)Nc1ccc(-n2ccccc2=O)cc1. The molecule has 0 aliphatic rings. The van der Waals surface area contributed by atoms with Gasteiger partial charge in [0.15, 0.2) is 0 Å². The molecule has 0 radical (unpaired) electrons. The first-order valence-electron chi connectivity index (χ1n) is 8.51. The number of hydrogen-bond acceptors (Lipinski definition) is 4. The Bertz CT molecular complexity index is 1030. The van der Waals surface area contributed by atoms with E-state index in [1.807, 2.05) is 0 Å². The maximum atomic E-state index is 12.0. The van der Waals surface area contributed by atoms with E-state index in [0.717, 1.165) is 0 Å². The number of carbonyl (C=O) groups is 2. The summed E-state index contributed by atoms with van der Waals surface area (Å²) in [6, 6.07) is 15.0. The van der Waals surface area contributed by atoms with Gasteiger partial charge in [0.2, 0.25) is 11.8 Å². The molecular weight excluding hydrogens is 380 g/mol. The molecule has 3 aromatic rings. The van der Waals surface area contributed by atoms with Gasteiger partial charge in [0.05, 0.1) is 5.02 Å². The van der Waals surface area contributed by atoms with E-state index in [4.69, 9.17) is 11.6 Å². The van der Waals surface area contributed by atoms with Crippen LogP contribution < -0.4 is 16.2 Å². The van der Waals surface area contributed by atoms with Gasteiger partial charge in [0.1, 0.15) is 5.82 Å². The van der Waals surface area contributed by atoms with Crippen LogP contribution in [0.4, 0.5) is 11.5 Å². The zero-order valence-corrected chi connectivity index (χ0v) is 15.5. The van der Waals surface area contributed by atoms with E-state index in [1.54, 1.807) is 54.7 Å². The number of rotatable bonds is 6. The monoisotopic (exact) mass is 396 g/mol. The van der Waals surface area contributed by atoms with Gasteiger partial charge < -0.3 is 10.6 Å². The molecule has 3 rings (SSSR count). The normalized spacial score (nSPS) is 10.3. The van der Waals surface area contributed by atoms with Gasteiger partial charge in [-0.05, 0) is 42.5 Å². The van der Waals surface area contributed by atoms with Crippen LogP contribution >= 0.6 is 11.6 Å². The summed E-state index contributed by atoms with van der Waals surface area (Å²) in [6.45, 7) is 0. The van der Waals surface area contributed by atoms with Gasteiger partial charge in [0, 0.05) is 42.7 Å². The summed E-state index contributed by atoms with van der Waals surface area (Å²) >= 11 is 5.74. The van der Waals surface area contributed by atoms with E-state index >= 15 is 0 Å². The van der Waals surface area contributed by atoms with Crippen molar-refractivity contribution in [1.29, 1.82) is 0 Å². The lowest BCUT2D eigenvalue weighted by Gasteiger charge is -2.08. The van der Waals surface area contributed by atoms with E-state index in [0.29, 0.717) is 22.2 Å². The van der Waals surface area contributed by atoms with Crippen molar-refractivity contribution < 1.29 is 9.59 Å². The molecule has 0 fully saturated rings. The Kier molecular flexibility index (Phi) is 6.18. The molecule has 0 saturated heterocycles. The summed E-state index contributed by atoms with van der Waals surface area (Å²) in [6.07, 6.45) is 3.15. The topological polar surface area (TPSA) is 93.1 Å². The summed E-state index contributed by atoms with van der Waals surface area (Å²) in [4.78, 5) is 39.7. The minimum Gasteiger partial charge on any atom is -0.326 e. The summed E-state index contributed by atoms with van der Waals surface area (Å²) in [5.74, 6) is -0.228. The molecule has 8 heteroatoms. The van der Waals surface area contributed by atoms with Gasteiger partial charge in [-0.25, -0.2) is 4.98 Å². The molecule has 7 nitrogen and oxygen atoms in total. The molecule has 0 spiro atoms. The third-order valence-electron chi connectivity index (χ3n) is 3.83. The molecule has 0 aliphatic carbocycles. The molecule has 0 aliphatic heterocycles. The first-order valence-corrected chi connectivity index (χ1v) is 8.88. The number of anilines is 2. The van der Waals surface area contributed by atoms with Gasteiger partial charge >= 0.3 is 0 Å². The third kappa shape index (κ3) is 5.28. The molecule has 0 atom stereocenters. The highest BCUT2D eigenvalue weighted by Gasteiger charge is 2.09. The number of pyridine rings is 2. The second kappa shape index (κ2) is 8.96. The fourth-order valence-corrected chi connectivity index (χ4v) is 2.56. The molecule has 142 valence electrons. The lowest BCUT2D eigenvalue weighted by molar-refractivity contribution is -0.121. The van der Waals surface area contributed by atoms with Crippen molar-refractivity contribution >= 4 is 34.9 Å². The zero-order chi connectivity index (χ0) is 19.9. The summed E-state index contributed by atoms with van der Waals surface area (Å²) < 4.78 is 1.50. The molecule has 2 amide bonds.